The van der Waals surface area contributed by atoms with Gasteiger partial charge in [0, 0.05) is 25.4 Å². The van der Waals surface area contributed by atoms with Gasteiger partial charge in [-0.1, -0.05) is 0 Å². The highest BCUT2D eigenvalue weighted by molar-refractivity contribution is 5.68. The highest BCUT2D eigenvalue weighted by Crippen LogP contribution is 2.36. The zero-order valence-corrected chi connectivity index (χ0v) is 13.9. The predicted octanol–water partition coefficient (Wildman–Crippen LogP) is 1.25. The second kappa shape index (κ2) is 7.34. The summed E-state index contributed by atoms with van der Waals surface area (Å²) in [7, 11) is 1.41. The Morgan fingerprint density at radius 2 is 1.96 bits per heavy atom. The maximum absolute atomic E-state index is 11.9. The second-order valence-corrected chi connectivity index (χ2v) is 6.68. The summed E-state index contributed by atoms with van der Waals surface area (Å²) >= 11 is 0. The standard InChI is InChI=1S/C16H28N2O5/c1-20-15(19)18-8-2-3-13(17)14(18)11-21-12-4-6-16(7-5-12)22-9-10-23-16/h12-14H,2-11,17H2,1H3. The van der Waals surface area contributed by atoms with E-state index in [-0.39, 0.29) is 30.1 Å². The first kappa shape index (κ1) is 17.0. The summed E-state index contributed by atoms with van der Waals surface area (Å²) in [5.74, 6) is -0.362. The minimum absolute atomic E-state index is 0.0562. The van der Waals surface area contributed by atoms with E-state index in [2.05, 4.69) is 0 Å². The zero-order valence-electron chi connectivity index (χ0n) is 13.9. The lowest BCUT2D eigenvalue weighted by molar-refractivity contribution is -0.192. The topological polar surface area (TPSA) is 83.3 Å². The normalized spacial score (nSPS) is 31.5. The summed E-state index contributed by atoms with van der Waals surface area (Å²) in [5, 5.41) is 0. The highest BCUT2D eigenvalue weighted by Gasteiger charge is 2.41. The lowest BCUT2D eigenvalue weighted by atomic mass is 9.91. The van der Waals surface area contributed by atoms with Crippen LogP contribution < -0.4 is 5.73 Å². The van der Waals surface area contributed by atoms with E-state index in [1.54, 1.807) is 4.90 Å². The van der Waals surface area contributed by atoms with Crippen LogP contribution in [0.2, 0.25) is 0 Å². The number of carbonyl (C=O) groups excluding carboxylic acids is 1. The Balaban J connectivity index is 1.49. The molecule has 23 heavy (non-hydrogen) atoms. The van der Waals surface area contributed by atoms with Crippen molar-refractivity contribution in [1.82, 2.24) is 4.90 Å². The minimum Gasteiger partial charge on any atom is -0.453 e. The summed E-state index contributed by atoms with van der Waals surface area (Å²) in [4.78, 5) is 13.6. The molecule has 3 rings (SSSR count). The summed E-state index contributed by atoms with van der Waals surface area (Å²) in [5.41, 5.74) is 6.20. The van der Waals surface area contributed by atoms with Gasteiger partial charge < -0.3 is 29.6 Å². The molecule has 2 unspecified atom stereocenters. The molecular formula is C16H28N2O5. The van der Waals surface area contributed by atoms with Crippen LogP contribution in [0, 0.1) is 0 Å². The number of carbonyl (C=O) groups is 1. The third-order valence-electron chi connectivity index (χ3n) is 5.25. The number of hydrogen-bond acceptors (Lipinski definition) is 6. The third kappa shape index (κ3) is 3.79. The Morgan fingerprint density at radius 3 is 2.61 bits per heavy atom. The van der Waals surface area contributed by atoms with Gasteiger partial charge in [0.2, 0.25) is 0 Å². The van der Waals surface area contributed by atoms with Crippen LogP contribution in [0.25, 0.3) is 0 Å². The average Bonchev–Trinajstić information content (AvgIpc) is 3.02. The van der Waals surface area contributed by atoms with Crippen molar-refractivity contribution in [2.45, 2.75) is 62.5 Å². The molecule has 0 radical (unpaired) electrons. The number of piperidine rings is 1. The number of rotatable bonds is 3. The first-order valence-electron chi connectivity index (χ1n) is 8.63. The Kier molecular flexibility index (Phi) is 5.41. The van der Waals surface area contributed by atoms with Gasteiger partial charge in [-0.2, -0.15) is 0 Å². The molecule has 2 atom stereocenters. The van der Waals surface area contributed by atoms with Crippen molar-refractivity contribution >= 4 is 6.09 Å². The van der Waals surface area contributed by atoms with Gasteiger partial charge in [0.15, 0.2) is 5.79 Å². The Hall–Kier alpha value is -0.890. The minimum atomic E-state index is -0.362. The van der Waals surface area contributed by atoms with Gasteiger partial charge in [-0.3, -0.25) is 0 Å². The fraction of sp³-hybridized carbons (Fsp3) is 0.938. The molecule has 0 aromatic rings. The van der Waals surface area contributed by atoms with Gasteiger partial charge in [0.05, 0.1) is 39.1 Å². The van der Waals surface area contributed by atoms with Crippen molar-refractivity contribution in [3.8, 4) is 0 Å². The molecule has 1 spiro atoms. The third-order valence-corrected chi connectivity index (χ3v) is 5.25. The van der Waals surface area contributed by atoms with Gasteiger partial charge in [0.1, 0.15) is 0 Å². The number of nitrogens with zero attached hydrogens (tertiary/aromatic N) is 1. The van der Waals surface area contributed by atoms with Crippen LogP contribution in [0.1, 0.15) is 38.5 Å². The van der Waals surface area contributed by atoms with E-state index in [1.165, 1.54) is 7.11 Å². The molecule has 0 aromatic carbocycles. The fourth-order valence-corrected chi connectivity index (χ4v) is 3.86. The molecule has 1 amide bonds. The van der Waals surface area contributed by atoms with Crippen LogP contribution in [-0.2, 0) is 18.9 Å². The summed E-state index contributed by atoms with van der Waals surface area (Å²) in [6.07, 6.45) is 5.26. The molecule has 1 saturated carbocycles. The zero-order chi connectivity index (χ0) is 16.3. The van der Waals surface area contributed by atoms with Crippen molar-refractivity contribution < 1.29 is 23.7 Å². The SMILES string of the molecule is COC(=O)N1CCCC(N)C1COC1CCC2(CC1)OCCO2. The van der Waals surface area contributed by atoms with E-state index in [4.69, 9.17) is 24.7 Å². The van der Waals surface area contributed by atoms with Gasteiger partial charge in [0.25, 0.3) is 0 Å². The first-order chi connectivity index (χ1) is 11.1. The van der Waals surface area contributed by atoms with E-state index in [0.29, 0.717) is 26.4 Å². The smallest absolute Gasteiger partial charge is 0.409 e. The van der Waals surface area contributed by atoms with Gasteiger partial charge in [-0.25, -0.2) is 4.79 Å². The average molecular weight is 328 g/mol. The maximum atomic E-state index is 11.9. The van der Waals surface area contributed by atoms with E-state index in [9.17, 15) is 4.79 Å². The molecule has 132 valence electrons. The Bertz CT molecular complexity index is 403. The number of ether oxygens (including phenoxy) is 4. The molecule has 7 nitrogen and oxygen atoms in total. The Labute approximate surface area is 137 Å². The fourth-order valence-electron chi connectivity index (χ4n) is 3.86. The number of methoxy groups -OCH3 is 1. The summed E-state index contributed by atoms with van der Waals surface area (Å²) in [6, 6.07) is -0.162. The molecule has 2 N–H and O–H groups in total. The van der Waals surface area contributed by atoms with Crippen molar-refractivity contribution in [2.75, 3.05) is 33.5 Å². The predicted molar refractivity (Wildman–Crippen MR) is 83.0 cm³/mol. The van der Waals surface area contributed by atoms with Crippen molar-refractivity contribution in [3.63, 3.8) is 0 Å². The van der Waals surface area contributed by atoms with Crippen molar-refractivity contribution in [3.05, 3.63) is 0 Å². The number of nitrogens with two attached hydrogens (primary N) is 1. The maximum Gasteiger partial charge on any atom is 0.409 e. The summed E-state index contributed by atoms with van der Waals surface area (Å²) < 4.78 is 22.4. The molecule has 7 heteroatoms. The largest absolute Gasteiger partial charge is 0.453 e. The highest BCUT2D eigenvalue weighted by atomic mass is 16.7. The van der Waals surface area contributed by atoms with Crippen LogP contribution in [-0.4, -0.2) is 68.4 Å². The van der Waals surface area contributed by atoms with Crippen LogP contribution >= 0.6 is 0 Å². The van der Waals surface area contributed by atoms with Gasteiger partial charge >= 0.3 is 6.09 Å². The molecule has 0 aromatic heterocycles. The summed E-state index contributed by atoms with van der Waals surface area (Å²) in [6.45, 7) is 2.53. The number of likely N-dealkylation sites (tertiary alicyclic amines) is 1. The van der Waals surface area contributed by atoms with E-state index >= 15 is 0 Å². The van der Waals surface area contributed by atoms with Gasteiger partial charge in [-0.15, -0.1) is 0 Å². The van der Waals surface area contributed by atoms with E-state index in [0.717, 1.165) is 38.5 Å². The second-order valence-electron chi connectivity index (χ2n) is 6.68. The van der Waals surface area contributed by atoms with Crippen LogP contribution in [0.3, 0.4) is 0 Å². The van der Waals surface area contributed by atoms with Crippen LogP contribution in [0.15, 0.2) is 0 Å². The number of hydrogen-bond donors (Lipinski definition) is 1. The number of amides is 1. The first-order valence-corrected chi connectivity index (χ1v) is 8.63. The van der Waals surface area contributed by atoms with Crippen molar-refractivity contribution in [1.29, 1.82) is 0 Å². The molecule has 2 heterocycles. The van der Waals surface area contributed by atoms with E-state index in [1.807, 2.05) is 0 Å². The van der Waals surface area contributed by atoms with Crippen LogP contribution in [0.5, 0.6) is 0 Å². The monoisotopic (exact) mass is 328 g/mol. The molecule has 3 aliphatic rings. The molecule has 3 fully saturated rings. The molecular weight excluding hydrogens is 300 g/mol. The van der Waals surface area contributed by atoms with E-state index < -0.39 is 0 Å². The molecule has 2 saturated heterocycles. The van der Waals surface area contributed by atoms with Crippen LogP contribution in [0.4, 0.5) is 4.79 Å². The molecule has 2 aliphatic heterocycles. The van der Waals surface area contributed by atoms with Gasteiger partial charge in [-0.05, 0) is 25.7 Å². The van der Waals surface area contributed by atoms with Crippen molar-refractivity contribution in [2.24, 2.45) is 5.73 Å². The lowest BCUT2D eigenvalue weighted by Gasteiger charge is -2.40. The Morgan fingerprint density at radius 1 is 1.26 bits per heavy atom. The quantitative estimate of drug-likeness (QED) is 0.839. The molecule has 0 bridgehead atoms. The molecule has 1 aliphatic carbocycles. The lowest BCUT2D eigenvalue weighted by Crippen LogP contribution is -2.56.